The van der Waals surface area contributed by atoms with Crippen LogP contribution in [-0.2, 0) is 6.42 Å². The summed E-state index contributed by atoms with van der Waals surface area (Å²) in [4.78, 5) is 0. The highest BCUT2D eigenvalue weighted by atomic mass is 35.5. The van der Waals surface area contributed by atoms with Crippen LogP contribution in [0.25, 0.3) is 0 Å². The van der Waals surface area contributed by atoms with Gasteiger partial charge in [-0.2, -0.15) is 10.5 Å². The first-order valence-corrected chi connectivity index (χ1v) is 5.61. The van der Waals surface area contributed by atoms with Gasteiger partial charge in [0.1, 0.15) is 0 Å². The number of nitriles is 2. The van der Waals surface area contributed by atoms with Crippen molar-refractivity contribution < 1.29 is 0 Å². The quantitative estimate of drug-likeness (QED) is 0.796. The minimum absolute atomic E-state index is 0.248. The molecule has 1 aromatic carbocycles. The second kappa shape index (κ2) is 5.54. The standard InChI is InChI=1S/C13H13ClN2/c1-3-9(2)12-7-10(8-16)6-11(4-5-15)13(12)14/h6-7,9H,3-4H2,1-2H3. The van der Waals surface area contributed by atoms with E-state index < -0.39 is 0 Å². The van der Waals surface area contributed by atoms with Crippen molar-refractivity contribution in [1.82, 2.24) is 0 Å². The third-order valence-corrected chi connectivity index (χ3v) is 3.18. The SMILES string of the molecule is CCC(C)c1cc(C#N)cc(CC#N)c1Cl. The second-order valence-electron chi connectivity index (χ2n) is 3.79. The third-order valence-electron chi connectivity index (χ3n) is 2.72. The number of hydrogen-bond donors (Lipinski definition) is 0. The van der Waals surface area contributed by atoms with Gasteiger partial charge in [0.05, 0.1) is 24.1 Å². The van der Waals surface area contributed by atoms with Crippen molar-refractivity contribution in [3.8, 4) is 12.1 Å². The van der Waals surface area contributed by atoms with Crippen molar-refractivity contribution in [1.29, 1.82) is 10.5 Å². The Morgan fingerprint density at radius 2 is 2.06 bits per heavy atom. The molecule has 2 nitrogen and oxygen atoms in total. The van der Waals surface area contributed by atoms with Gasteiger partial charge >= 0.3 is 0 Å². The van der Waals surface area contributed by atoms with E-state index in [-0.39, 0.29) is 6.42 Å². The third kappa shape index (κ3) is 2.54. The van der Waals surface area contributed by atoms with E-state index in [1.54, 1.807) is 6.07 Å². The van der Waals surface area contributed by atoms with E-state index >= 15 is 0 Å². The van der Waals surface area contributed by atoms with Gasteiger partial charge in [0.2, 0.25) is 0 Å². The summed E-state index contributed by atoms with van der Waals surface area (Å²) in [6, 6.07) is 7.68. The molecule has 1 aromatic rings. The van der Waals surface area contributed by atoms with E-state index in [0.717, 1.165) is 17.5 Å². The Bertz CT molecular complexity index is 466. The molecule has 0 aromatic heterocycles. The van der Waals surface area contributed by atoms with Gasteiger partial charge in [0, 0.05) is 5.02 Å². The molecule has 3 heteroatoms. The van der Waals surface area contributed by atoms with Crippen molar-refractivity contribution in [2.45, 2.75) is 32.6 Å². The Morgan fingerprint density at radius 3 is 2.56 bits per heavy atom. The predicted octanol–water partition coefficient (Wildman–Crippen LogP) is 3.79. The van der Waals surface area contributed by atoms with E-state index in [4.69, 9.17) is 22.1 Å². The van der Waals surface area contributed by atoms with Gasteiger partial charge in [0.25, 0.3) is 0 Å². The maximum Gasteiger partial charge on any atom is 0.0991 e. The smallest absolute Gasteiger partial charge is 0.0991 e. The van der Waals surface area contributed by atoms with E-state index in [1.807, 2.05) is 6.07 Å². The molecule has 0 aliphatic carbocycles. The van der Waals surface area contributed by atoms with Crippen LogP contribution in [0.3, 0.4) is 0 Å². The molecule has 0 aliphatic rings. The Labute approximate surface area is 101 Å². The summed E-state index contributed by atoms with van der Waals surface area (Å²) in [5, 5.41) is 18.3. The molecule has 0 radical (unpaired) electrons. The molecule has 0 fully saturated rings. The van der Waals surface area contributed by atoms with Crippen LogP contribution >= 0.6 is 11.6 Å². The fraction of sp³-hybridized carbons (Fsp3) is 0.385. The van der Waals surface area contributed by atoms with Crippen molar-refractivity contribution in [3.63, 3.8) is 0 Å². The zero-order valence-electron chi connectivity index (χ0n) is 9.42. The monoisotopic (exact) mass is 232 g/mol. The highest BCUT2D eigenvalue weighted by Gasteiger charge is 2.13. The second-order valence-corrected chi connectivity index (χ2v) is 4.17. The highest BCUT2D eigenvalue weighted by Crippen LogP contribution is 2.31. The number of halogens is 1. The molecule has 0 aliphatic heterocycles. The Hall–Kier alpha value is -1.51. The maximum atomic E-state index is 8.92. The van der Waals surface area contributed by atoms with E-state index in [1.165, 1.54) is 0 Å². The summed E-state index contributed by atoms with van der Waals surface area (Å²) in [5.41, 5.74) is 2.29. The normalized spacial score (nSPS) is 11.6. The minimum atomic E-state index is 0.248. The van der Waals surface area contributed by atoms with Gasteiger partial charge in [-0.25, -0.2) is 0 Å². The lowest BCUT2D eigenvalue weighted by molar-refractivity contribution is 0.732. The molecule has 0 amide bonds. The Morgan fingerprint density at radius 1 is 1.38 bits per heavy atom. The first-order valence-electron chi connectivity index (χ1n) is 5.23. The largest absolute Gasteiger partial charge is 0.198 e. The summed E-state index contributed by atoms with van der Waals surface area (Å²) >= 11 is 6.23. The molecule has 1 unspecified atom stereocenters. The zero-order valence-corrected chi connectivity index (χ0v) is 10.2. The van der Waals surface area contributed by atoms with Crippen LogP contribution in [0.4, 0.5) is 0 Å². The van der Waals surface area contributed by atoms with Crippen LogP contribution in [0.1, 0.15) is 42.9 Å². The molecular formula is C13H13ClN2. The zero-order chi connectivity index (χ0) is 12.1. The van der Waals surface area contributed by atoms with Crippen LogP contribution in [0.2, 0.25) is 5.02 Å². The van der Waals surface area contributed by atoms with Gasteiger partial charge < -0.3 is 0 Å². The molecule has 0 N–H and O–H groups in total. The average Bonchev–Trinajstić information content (AvgIpc) is 2.31. The fourth-order valence-corrected chi connectivity index (χ4v) is 1.93. The Balaban J connectivity index is 3.33. The highest BCUT2D eigenvalue weighted by molar-refractivity contribution is 6.32. The molecule has 0 spiro atoms. The fourth-order valence-electron chi connectivity index (χ4n) is 1.57. The summed E-state index contributed by atoms with van der Waals surface area (Å²) in [6.45, 7) is 4.14. The maximum absolute atomic E-state index is 8.92. The van der Waals surface area contributed by atoms with Crippen LogP contribution in [0.15, 0.2) is 12.1 Å². The lowest BCUT2D eigenvalue weighted by Crippen LogP contribution is -1.98. The van der Waals surface area contributed by atoms with Crippen LogP contribution < -0.4 is 0 Å². The number of benzene rings is 1. The first-order chi connectivity index (χ1) is 7.63. The van der Waals surface area contributed by atoms with Gasteiger partial charge in [-0.05, 0) is 35.6 Å². The van der Waals surface area contributed by atoms with Gasteiger partial charge in [0.15, 0.2) is 0 Å². The van der Waals surface area contributed by atoms with Crippen LogP contribution in [-0.4, -0.2) is 0 Å². The molecule has 0 bridgehead atoms. The first kappa shape index (κ1) is 12.6. The van der Waals surface area contributed by atoms with Gasteiger partial charge in [-0.1, -0.05) is 25.4 Å². The molecule has 0 saturated heterocycles. The van der Waals surface area contributed by atoms with Crippen LogP contribution in [0, 0.1) is 22.7 Å². The molecule has 16 heavy (non-hydrogen) atoms. The summed E-state index contributed by atoms with van der Waals surface area (Å²) in [6.07, 6.45) is 1.21. The topological polar surface area (TPSA) is 47.6 Å². The lowest BCUT2D eigenvalue weighted by Gasteiger charge is -2.14. The van der Waals surface area contributed by atoms with Crippen molar-refractivity contribution >= 4 is 11.6 Å². The van der Waals surface area contributed by atoms with Crippen LogP contribution in [0.5, 0.6) is 0 Å². The molecule has 0 heterocycles. The van der Waals surface area contributed by atoms with Crippen molar-refractivity contribution in [2.75, 3.05) is 0 Å². The molecule has 1 atom stereocenters. The summed E-state index contributed by atoms with van der Waals surface area (Å²) < 4.78 is 0. The summed E-state index contributed by atoms with van der Waals surface area (Å²) in [5.74, 6) is 0.304. The van der Waals surface area contributed by atoms with E-state index in [2.05, 4.69) is 26.0 Å². The number of nitrogens with zero attached hydrogens (tertiary/aromatic N) is 2. The minimum Gasteiger partial charge on any atom is -0.198 e. The average molecular weight is 233 g/mol. The summed E-state index contributed by atoms with van der Waals surface area (Å²) in [7, 11) is 0. The molecule has 0 saturated carbocycles. The number of rotatable bonds is 3. The Kier molecular flexibility index (Phi) is 4.35. The molecular weight excluding hydrogens is 220 g/mol. The lowest BCUT2D eigenvalue weighted by atomic mass is 9.94. The van der Waals surface area contributed by atoms with Gasteiger partial charge in [-0.15, -0.1) is 0 Å². The van der Waals surface area contributed by atoms with Crippen molar-refractivity contribution in [3.05, 3.63) is 33.8 Å². The molecule has 1 rings (SSSR count). The van der Waals surface area contributed by atoms with Gasteiger partial charge in [-0.3, -0.25) is 0 Å². The van der Waals surface area contributed by atoms with Crippen molar-refractivity contribution in [2.24, 2.45) is 0 Å². The predicted molar refractivity (Wildman–Crippen MR) is 64.2 cm³/mol. The molecule has 82 valence electrons. The number of hydrogen-bond acceptors (Lipinski definition) is 2. The van der Waals surface area contributed by atoms with E-state index in [9.17, 15) is 0 Å². The van der Waals surface area contributed by atoms with E-state index in [0.29, 0.717) is 16.5 Å².